The highest BCUT2D eigenvalue weighted by Crippen LogP contribution is 2.42. The summed E-state index contributed by atoms with van der Waals surface area (Å²) in [6, 6.07) is 9.74. The van der Waals surface area contributed by atoms with E-state index < -0.39 is 71.3 Å². The van der Waals surface area contributed by atoms with Crippen molar-refractivity contribution in [3.63, 3.8) is 0 Å². The van der Waals surface area contributed by atoms with Crippen molar-refractivity contribution in [3.05, 3.63) is 52.7 Å². The monoisotopic (exact) mass is 591 g/mol. The minimum absolute atomic E-state index is 0.157. The number of nitrogens with one attached hydrogen (secondary N) is 1. The molecule has 6 N–H and O–H groups in total. The number of fused-ring (bicyclic) bond motifs is 1. The quantitative estimate of drug-likeness (QED) is 0.148. The van der Waals surface area contributed by atoms with E-state index in [2.05, 4.69) is 5.32 Å². The second kappa shape index (κ2) is 12.8. The van der Waals surface area contributed by atoms with Gasteiger partial charge in [0.25, 0.3) is 5.91 Å². The Morgan fingerprint density at radius 1 is 1.05 bits per heavy atom. The van der Waals surface area contributed by atoms with E-state index in [0.29, 0.717) is 11.3 Å². The van der Waals surface area contributed by atoms with Gasteiger partial charge in [-0.2, -0.15) is 11.8 Å². The van der Waals surface area contributed by atoms with Gasteiger partial charge in [0, 0.05) is 17.7 Å². The predicted octanol–water partition coefficient (Wildman–Crippen LogP) is 0.468. The number of thioether (sulfide) groups is 1. The average Bonchev–Trinajstić information content (AvgIpc) is 2.97. The summed E-state index contributed by atoms with van der Waals surface area (Å²) in [5.41, 5.74) is -0.284. The van der Waals surface area contributed by atoms with Crippen molar-refractivity contribution in [1.82, 2.24) is 5.32 Å². The number of ether oxygens (including phenoxy) is 3. The highest BCUT2D eigenvalue weighted by Gasteiger charge is 2.48. The Morgan fingerprint density at radius 3 is 2.41 bits per heavy atom. The summed E-state index contributed by atoms with van der Waals surface area (Å²) in [4.78, 5) is 37.8. The third-order valence-electron chi connectivity index (χ3n) is 6.47. The van der Waals surface area contributed by atoms with Gasteiger partial charge in [0.1, 0.15) is 41.1 Å². The second-order valence-electron chi connectivity index (χ2n) is 9.17. The lowest BCUT2D eigenvalue weighted by Crippen LogP contribution is -2.63. The maximum atomic E-state index is 13.0. The number of aromatic hydroxyl groups is 2. The van der Waals surface area contributed by atoms with Crippen molar-refractivity contribution in [2.45, 2.75) is 43.2 Å². The molecule has 3 aromatic rings. The van der Waals surface area contributed by atoms with Gasteiger partial charge in [-0.15, -0.1) is 0 Å². The Morgan fingerprint density at radius 2 is 1.76 bits per heavy atom. The molecule has 1 aromatic heterocycles. The van der Waals surface area contributed by atoms with Crippen molar-refractivity contribution in [2.75, 3.05) is 19.1 Å². The van der Waals surface area contributed by atoms with Gasteiger partial charge in [-0.3, -0.25) is 9.59 Å². The van der Waals surface area contributed by atoms with Crippen LogP contribution >= 0.6 is 11.8 Å². The van der Waals surface area contributed by atoms with Gasteiger partial charge in [0.2, 0.25) is 12.0 Å². The van der Waals surface area contributed by atoms with Crippen LogP contribution in [0.2, 0.25) is 0 Å². The van der Waals surface area contributed by atoms with E-state index in [0.717, 1.165) is 19.2 Å². The maximum Gasteiger partial charge on any atom is 0.328 e. The molecule has 1 saturated heterocycles. The molecule has 1 amide bonds. The lowest BCUT2D eigenvalue weighted by molar-refractivity contribution is -0.267. The molecule has 0 radical (unpaired) electrons. The Kier molecular flexibility index (Phi) is 9.40. The van der Waals surface area contributed by atoms with Gasteiger partial charge < -0.3 is 49.5 Å². The first-order chi connectivity index (χ1) is 19.6. The molecule has 4 rings (SSSR count). The van der Waals surface area contributed by atoms with Crippen molar-refractivity contribution in [1.29, 1.82) is 0 Å². The third-order valence-corrected chi connectivity index (χ3v) is 7.12. The molecule has 0 saturated carbocycles. The van der Waals surface area contributed by atoms with Crippen LogP contribution in [0.15, 0.2) is 51.7 Å². The van der Waals surface area contributed by atoms with Crippen molar-refractivity contribution < 1.29 is 53.7 Å². The SMILES string of the molecule is COC(=O)[C@H](CCSC)NC(=O)[C@@H]1O[C@@H](Oc2cc3oc(-c4ccccc4)cc(=O)c3c(O)c2O)[C@@H](O)[C@@H](O)[C@H]1O. The first-order valence-electron chi connectivity index (χ1n) is 12.4. The number of amides is 1. The standard InChI is InChI=1S/C27H29NO12S/c1-37-26(36)13(8-9-41-2)28-25(35)24-22(33)21(32)23(34)27(40-24)39-17-11-16-18(20(31)19(17)30)14(29)10-15(38-16)12-6-4-3-5-7-12/h3-7,10-11,13,21-24,27,30-34H,8-9H2,1-2H3,(H,28,35)/t13-,21-,22+,23-,24+,27+/m0/s1. The first-order valence-corrected chi connectivity index (χ1v) is 13.8. The zero-order valence-corrected chi connectivity index (χ0v) is 22.7. The maximum absolute atomic E-state index is 13.0. The fourth-order valence-corrected chi connectivity index (χ4v) is 4.74. The summed E-state index contributed by atoms with van der Waals surface area (Å²) in [5.74, 6) is -3.39. The molecule has 1 aliphatic rings. The van der Waals surface area contributed by atoms with Crippen molar-refractivity contribution in [2.24, 2.45) is 0 Å². The summed E-state index contributed by atoms with van der Waals surface area (Å²) in [5, 5.41) is 54.6. The number of carbonyl (C=O) groups is 2. The Labute approximate surface area is 237 Å². The average molecular weight is 592 g/mol. The van der Waals surface area contributed by atoms with E-state index in [4.69, 9.17) is 18.6 Å². The fraction of sp³-hybridized carbons (Fsp3) is 0.370. The minimum atomic E-state index is -1.95. The van der Waals surface area contributed by atoms with E-state index in [1.54, 1.807) is 36.6 Å². The van der Waals surface area contributed by atoms with Gasteiger partial charge in [-0.1, -0.05) is 30.3 Å². The number of esters is 1. The van der Waals surface area contributed by atoms with Crippen LogP contribution in [0.25, 0.3) is 22.3 Å². The number of benzene rings is 2. The van der Waals surface area contributed by atoms with Crippen LogP contribution in [0.1, 0.15) is 6.42 Å². The van der Waals surface area contributed by atoms with E-state index >= 15 is 0 Å². The van der Waals surface area contributed by atoms with Gasteiger partial charge in [-0.05, 0) is 18.4 Å². The molecule has 2 heterocycles. The molecule has 2 aromatic carbocycles. The lowest BCUT2D eigenvalue weighted by atomic mass is 9.98. The number of phenols is 2. The van der Waals surface area contributed by atoms with Crippen LogP contribution in [-0.2, 0) is 19.1 Å². The molecule has 1 fully saturated rings. The summed E-state index contributed by atoms with van der Waals surface area (Å²) in [7, 11) is 1.15. The van der Waals surface area contributed by atoms with Crippen molar-refractivity contribution >= 4 is 34.6 Å². The van der Waals surface area contributed by atoms with Gasteiger partial charge in [0.05, 0.1) is 7.11 Å². The molecule has 220 valence electrons. The Bertz CT molecular complexity index is 1460. The first kappa shape index (κ1) is 30.1. The summed E-state index contributed by atoms with van der Waals surface area (Å²) >= 11 is 1.42. The van der Waals surface area contributed by atoms with Gasteiger partial charge in [-0.25, -0.2) is 4.79 Å². The number of methoxy groups -OCH3 is 1. The second-order valence-corrected chi connectivity index (χ2v) is 10.2. The highest BCUT2D eigenvalue weighted by atomic mass is 32.2. The number of aliphatic hydroxyl groups excluding tert-OH is 3. The topological polar surface area (TPSA) is 205 Å². The van der Waals surface area contributed by atoms with Gasteiger partial charge in [0.15, 0.2) is 23.0 Å². The number of hydrogen-bond acceptors (Lipinski definition) is 13. The zero-order valence-electron chi connectivity index (χ0n) is 21.9. The number of rotatable bonds is 9. The number of aliphatic hydroxyl groups is 3. The minimum Gasteiger partial charge on any atom is -0.504 e. The lowest BCUT2D eigenvalue weighted by Gasteiger charge is -2.39. The fourth-order valence-electron chi connectivity index (χ4n) is 4.27. The summed E-state index contributed by atoms with van der Waals surface area (Å²) in [6.45, 7) is 0. The molecular formula is C27H29NO12S. The molecular weight excluding hydrogens is 562 g/mol. The number of phenolic OH excluding ortho intramolecular Hbond substituents is 2. The number of carbonyl (C=O) groups excluding carboxylic acids is 2. The molecule has 0 bridgehead atoms. The van der Waals surface area contributed by atoms with Gasteiger partial charge >= 0.3 is 5.97 Å². The molecule has 6 atom stereocenters. The predicted molar refractivity (Wildman–Crippen MR) is 146 cm³/mol. The van der Waals surface area contributed by atoms with Crippen LogP contribution < -0.4 is 15.5 Å². The molecule has 0 spiro atoms. The molecule has 0 aliphatic carbocycles. The van der Waals surface area contributed by atoms with E-state index in [1.807, 2.05) is 0 Å². The zero-order chi connectivity index (χ0) is 29.8. The molecule has 13 nitrogen and oxygen atoms in total. The van der Waals surface area contributed by atoms with Crippen LogP contribution in [-0.4, -0.2) is 93.3 Å². The van der Waals surface area contributed by atoms with E-state index in [9.17, 15) is 39.9 Å². The van der Waals surface area contributed by atoms with E-state index in [1.165, 1.54) is 11.8 Å². The van der Waals surface area contributed by atoms with Crippen LogP contribution in [0.3, 0.4) is 0 Å². The largest absolute Gasteiger partial charge is 0.504 e. The Balaban J connectivity index is 1.63. The summed E-state index contributed by atoms with van der Waals surface area (Å²) < 4.78 is 21.5. The van der Waals surface area contributed by atoms with Crippen LogP contribution in [0.5, 0.6) is 17.2 Å². The number of hydrogen-bond donors (Lipinski definition) is 6. The summed E-state index contributed by atoms with van der Waals surface area (Å²) in [6.07, 6.45) is -7.48. The molecule has 0 unspecified atom stereocenters. The van der Waals surface area contributed by atoms with E-state index in [-0.39, 0.29) is 23.2 Å². The molecule has 1 aliphatic heterocycles. The third kappa shape index (κ3) is 6.26. The highest BCUT2D eigenvalue weighted by molar-refractivity contribution is 7.98. The van der Waals surface area contributed by atoms with Crippen LogP contribution in [0.4, 0.5) is 0 Å². The normalized spacial score (nSPS) is 23.1. The molecule has 14 heteroatoms. The molecule has 41 heavy (non-hydrogen) atoms. The Hall–Kier alpha value is -3.82. The van der Waals surface area contributed by atoms with Crippen molar-refractivity contribution in [3.8, 4) is 28.6 Å². The van der Waals surface area contributed by atoms with Crippen LogP contribution in [0, 0.1) is 0 Å². The smallest absolute Gasteiger partial charge is 0.328 e.